The number of hydrogen-bond donors (Lipinski definition) is 5. The van der Waals surface area contributed by atoms with Crippen LogP contribution in [-0.2, 0) is 28.2 Å². The zero-order valence-corrected chi connectivity index (χ0v) is 35.5. The number of allylic oxidation sites excluding steroid dienone is 2. The summed E-state index contributed by atoms with van der Waals surface area (Å²) in [6.07, 6.45) is 28.5. The maximum Gasteiger partial charge on any atom is 0.469 e. The molecule has 0 aromatic heterocycles. The van der Waals surface area contributed by atoms with Crippen molar-refractivity contribution in [2.75, 3.05) is 13.2 Å². The summed E-state index contributed by atoms with van der Waals surface area (Å²) in [5.74, 6) is -0.674. The van der Waals surface area contributed by atoms with Crippen LogP contribution in [0.4, 0.5) is 0 Å². The molecule has 0 spiro atoms. The van der Waals surface area contributed by atoms with Crippen molar-refractivity contribution in [2.45, 2.75) is 206 Å². The monoisotopic (exact) mass is 803 g/mol. The molecule has 1 rings (SSSR count). The normalized spacial score (nSPS) is 20.2. The second kappa shape index (κ2) is 32.4. The fourth-order valence-electron chi connectivity index (χ4n) is 7.14. The first-order chi connectivity index (χ1) is 26.3. The van der Waals surface area contributed by atoms with E-state index in [0.29, 0.717) is 32.1 Å². The number of rotatable bonds is 35. The van der Waals surface area contributed by atoms with Gasteiger partial charge in [0.05, 0.1) is 24.9 Å². The number of aliphatic hydroxyl groups is 3. The number of phosphoric acid groups is 1. The van der Waals surface area contributed by atoms with Crippen molar-refractivity contribution in [1.82, 2.24) is 0 Å². The summed E-state index contributed by atoms with van der Waals surface area (Å²) in [5.41, 5.74) is 0. The first-order valence-corrected chi connectivity index (χ1v) is 23.3. The summed E-state index contributed by atoms with van der Waals surface area (Å²) in [6.45, 7) is 5.73. The molecule has 6 atom stereocenters. The smallest absolute Gasteiger partial charge is 0.462 e. The van der Waals surface area contributed by atoms with E-state index in [4.69, 9.17) is 19.3 Å². The van der Waals surface area contributed by atoms with Crippen molar-refractivity contribution >= 4 is 19.8 Å². The Labute approximate surface area is 333 Å². The van der Waals surface area contributed by atoms with Gasteiger partial charge in [-0.1, -0.05) is 154 Å². The molecular formula is C43H79O11P. The molecule has 11 nitrogen and oxygen atoms in total. The molecular weight excluding hydrogens is 723 g/mol. The van der Waals surface area contributed by atoms with Gasteiger partial charge in [-0.3, -0.25) is 14.1 Å². The Hall–Kier alpha value is -1.59. The van der Waals surface area contributed by atoms with Gasteiger partial charge in [-0.2, -0.15) is 0 Å². The molecule has 1 aliphatic carbocycles. The van der Waals surface area contributed by atoms with Gasteiger partial charge in [0.1, 0.15) is 6.61 Å². The summed E-state index contributed by atoms with van der Waals surface area (Å²) in [5, 5.41) is 31.2. The van der Waals surface area contributed by atoms with Crippen LogP contribution in [0.2, 0.25) is 0 Å². The van der Waals surface area contributed by atoms with Gasteiger partial charge in [0, 0.05) is 25.2 Å². The fourth-order valence-corrected chi connectivity index (χ4v) is 7.50. The minimum atomic E-state index is -4.82. The molecule has 0 radical (unpaired) electrons. The highest BCUT2D eigenvalue weighted by atomic mass is 31.2. The molecule has 0 aromatic carbocycles. The highest BCUT2D eigenvalue weighted by Gasteiger charge is 2.39. The third-order valence-corrected chi connectivity index (χ3v) is 11.0. The minimum absolute atomic E-state index is 0.0371. The van der Waals surface area contributed by atoms with Crippen molar-refractivity contribution in [3.8, 4) is 0 Å². The van der Waals surface area contributed by atoms with Gasteiger partial charge in [-0.05, 0) is 43.9 Å². The van der Waals surface area contributed by atoms with E-state index in [-0.39, 0.29) is 37.7 Å². The molecule has 0 heterocycles. The van der Waals surface area contributed by atoms with Crippen LogP contribution >= 0.6 is 7.82 Å². The first kappa shape index (κ1) is 51.4. The topological polar surface area (TPSA) is 180 Å². The number of esters is 2. The summed E-state index contributed by atoms with van der Waals surface area (Å²) < 4.78 is 26.4. The van der Waals surface area contributed by atoms with Crippen LogP contribution in [0.15, 0.2) is 24.3 Å². The van der Waals surface area contributed by atoms with Crippen LogP contribution in [0.1, 0.15) is 181 Å². The van der Waals surface area contributed by atoms with E-state index in [1.54, 1.807) is 6.08 Å². The van der Waals surface area contributed by atoms with Crippen LogP contribution in [0.25, 0.3) is 0 Å². The lowest BCUT2D eigenvalue weighted by atomic mass is 9.89. The largest absolute Gasteiger partial charge is 0.469 e. The van der Waals surface area contributed by atoms with Crippen LogP contribution in [-0.4, -0.2) is 74.7 Å². The predicted molar refractivity (Wildman–Crippen MR) is 218 cm³/mol. The third-order valence-electron chi connectivity index (χ3n) is 10.5. The number of ether oxygens (including phenoxy) is 2. The molecule has 0 bridgehead atoms. The van der Waals surface area contributed by atoms with Crippen molar-refractivity contribution < 1.29 is 53.3 Å². The van der Waals surface area contributed by atoms with Gasteiger partial charge in [-0.25, -0.2) is 4.57 Å². The molecule has 5 N–H and O–H groups in total. The Kier molecular flexibility index (Phi) is 30.3. The van der Waals surface area contributed by atoms with Crippen molar-refractivity contribution in [1.29, 1.82) is 0 Å². The number of carbonyl (C=O) groups is 2. The van der Waals surface area contributed by atoms with Gasteiger partial charge < -0.3 is 34.6 Å². The highest BCUT2D eigenvalue weighted by Crippen LogP contribution is 2.37. The van der Waals surface area contributed by atoms with Crippen LogP contribution in [0.3, 0.4) is 0 Å². The zero-order valence-electron chi connectivity index (χ0n) is 34.6. The van der Waals surface area contributed by atoms with Gasteiger partial charge >= 0.3 is 19.8 Å². The van der Waals surface area contributed by atoms with Crippen LogP contribution < -0.4 is 0 Å². The maximum atomic E-state index is 12.5. The Morgan fingerprint density at radius 3 is 1.87 bits per heavy atom. The molecule has 0 saturated heterocycles. The predicted octanol–water partition coefficient (Wildman–Crippen LogP) is 9.42. The van der Waals surface area contributed by atoms with E-state index in [2.05, 4.69) is 25.3 Å². The lowest BCUT2D eigenvalue weighted by Crippen LogP contribution is -2.29. The van der Waals surface area contributed by atoms with Gasteiger partial charge in [0.15, 0.2) is 6.10 Å². The van der Waals surface area contributed by atoms with Crippen molar-refractivity contribution in [3.63, 3.8) is 0 Å². The van der Waals surface area contributed by atoms with Crippen molar-refractivity contribution in [2.24, 2.45) is 17.8 Å². The molecule has 1 aliphatic rings. The molecule has 1 saturated carbocycles. The highest BCUT2D eigenvalue weighted by molar-refractivity contribution is 7.46. The van der Waals surface area contributed by atoms with E-state index in [1.807, 2.05) is 18.2 Å². The SMILES string of the molecule is CCCCC[C@H](O)/C=C/[C@@H]1[C@@H](C/C=C/CCCC(=O)O[C@H](COC(=O)CCCCCCCCCCCCCCCCC(C)C)COP(=O)(O)O)[C@@H](O)C[C@H]1O. The van der Waals surface area contributed by atoms with Gasteiger partial charge in [0.25, 0.3) is 0 Å². The number of unbranched alkanes of at least 4 members (excludes halogenated alkanes) is 16. The minimum Gasteiger partial charge on any atom is -0.462 e. The van der Waals surface area contributed by atoms with E-state index >= 15 is 0 Å². The average Bonchev–Trinajstić information content (AvgIpc) is 3.39. The summed E-state index contributed by atoms with van der Waals surface area (Å²) >= 11 is 0. The Balaban J connectivity index is 2.26. The summed E-state index contributed by atoms with van der Waals surface area (Å²) in [7, 11) is -4.82. The Bertz CT molecular complexity index is 1070. The van der Waals surface area contributed by atoms with E-state index < -0.39 is 50.8 Å². The third kappa shape index (κ3) is 29.3. The second-order valence-electron chi connectivity index (χ2n) is 16.1. The number of carbonyl (C=O) groups excluding carboxylic acids is 2. The van der Waals surface area contributed by atoms with E-state index in [9.17, 15) is 29.5 Å². The number of hydrogen-bond acceptors (Lipinski definition) is 9. The van der Waals surface area contributed by atoms with Gasteiger partial charge in [-0.15, -0.1) is 0 Å². The molecule has 322 valence electrons. The van der Waals surface area contributed by atoms with E-state index in [1.165, 1.54) is 70.6 Å². The quantitative estimate of drug-likeness (QED) is 0.0178. The van der Waals surface area contributed by atoms with E-state index in [0.717, 1.165) is 44.4 Å². The standard InChI is InChI=1S/C43H79O11P/c1-4-5-20-26-36(44)30-31-39-38(40(45)32-41(39)46)27-22-18-19-24-29-43(48)54-37(34-53-55(49,50)51)33-52-42(47)28-23-17-15-13-11-9-7-6-8-10-12-14-16-21-25-35(2)3/h18,22,30-31,35-41,44-46H,4-17,19-21,23-29,32-34H2,1-3H3,(H2,49,50,51)/b22-18+,31-30+/t36-,37+,38+,39+,40-,41+/m0/s1. The maximum absolute atomic E-state index is 12.5. The first-order valence-electron chi connectivity index (χ1n) is 21.7. The lowest BCUT2D eigenvalue weighted by molar-refractivity contribution is -0.161. The summed E-state index contributed by atoms with van der Waals surface area (Å²) in [4.78, 5) is 43.1. The van der Waals surface area contributed by atoms with Crippen LogP contribution in [0, 0.1) is 17.8 Å². The zero-order chi connectivity index (χ0) is 40.7. The molecule has 0 aromatic rings. The summed E-state index contributed by atoms with van der Waals surface area (Å²) in [6, 6.07) is 0. The second-order valence-corrected chi connectivity index (χ2v) is 17.4. The molecule has 55 heavy (non-hydrogen) atoms. The molecule has 1 fully saturated rings. The molecule has 0 amide bonds. The molecule has 0 unspecified atom stereocenters. The number of phosphoric ester groups is 1. The van der Waals surface area contributed by atoms with Gasteiger partial charge in [0.2, 0.25) is 0 Å². The molecule has 0 aliphatic heterocycles. The average molecular weight is 803 g/mol. The lowest BCUT2D eigenvalue weighted by Gasteiger charge is -2.19. The Morgan fingerprint density at radius 2 is 1.29 bits per heavy atom. The Morgan fingerprint density at radius 1 is 0.727 bits per heavy atom. The number of aliphatic hydroxyl groups excluding tert-OH is 3. The van der Waals surface area contributed by atoms with Crippen LogP contribution in [0.5, 0.6) is 0 Å². The van der Waals surface area contributed by atoms with Crippen molar-refractivity contribution in [3.05, 3.63) is 24.3 Å². The molecule has 12 heteroatoms. The fraction of sp³-hybridized carbons (Fsp3) is 0.860.